The van der Waals surface area contributed by atoms with Gasteiger partial charge in [-0.3, -0.25) is 4.79 Å². The molecular formula is C16H19N3O. The van der Waals surface area contributed by atoms with Gasteiger partial charge in [-0.1, -0.05) is 0 Å². The Balaban J connectivity index is 1.66. The first-order valence-corrected chi connectivity index (χ1v) is 7.08. The number of nitrogens with one attached hydrogen (secondary N) is 2. The van der Waals surface area contributed by atoms with Gasteiger partial charge in [0, 0.05) is 36.2 Å². The lowest BCUT2D eigenvalue weighted by atomic mass is 10.1. The maximum atomic E-state index is 12.2. The van der Waals surface area contributed by atoms with Crippen molar-refractivity contribution in [1.29, 1.82) is 0 Å². The van der Waals surface area contributed by atoms with Gasteiger partial charge in [-0.15, -0.1) is 0 Å². The van der Waals surface area contributed by atoms with Crippen molar-refractivity contribution in [2.24, 2.45) is 0 Å². The molecule has 0 spiro atoms. The van der Waals surface area contributed by atoms with Crippen molar-refractivity contribution >= 4 is 5.91 Å². The van der Waals surface area contributed by atoms with Crippen LogP contribution in [0.5, 0.6) is 0 Å². The van der Waals surface area contributed by atoms with Crippen LogP contribution >= 0.6 is 0 Å². The number of aromatic nitrogens is 1. The van der Waals surface area contributed by atoms with E-state index < -0.39 is 0 Å². The molecule has 1 aromatic heterocycles. The van der Waals surface area contributed by atoms with Crippen LogP contribution in [0.2, 0.25) is 0 Å². The maximum absolute atomic E-state index is 12.2. The summed E-state index contributed by atoms with van der Waals surface area (Å²) in [6.07, 6.45) is 6.16. The molecule has 1 saturated heterocycles. The number of amides is 1. The predicted molar refractivity (Wildman–Crippen MR) is 79.1 cm³/mol. The van der Waals surface area contributed by atoms with Crippen molar-refractivity contribution in [3.63, 3.8) is 0 Å². The molecule has 0 bridgehead atoms. The van der Waals surface area contributed by atoms with Gasteiger partial charge < -0.3 is 15.2 Å². The van der Waals surface area contributed by atoms with E-state index in [1.54, 1.807) is 0 Å². The second-order valence-corrected chi connectivity index (χ2v) is 5.15. The second-order valence-electron chi connectivity index (χ2n) is 5.15. The fourth-order valence-electron chi connectivity index (χ4n) is 2.54. The number of nitrogens with zero attached hydrogens (tertiary/aromatic N) is 1. The smallest absolute Gasteiger partial charge is 0.251 e. The third kappa shape index (κ3) is 2.91. The molecule has 1 aliphatic heterocycles. The van der Waals surface area contributed by atoms with Crippen LogP contribution in [-0.2, 0) is 0 Å². The van der Waals surface area contributed by atoms with E-state index in [1.165, 1.54) is 0 Å². The van der Waals surface area contributed by atoms with Crippen LogP contribution < -0.4 is 10.6 Å². The summed E-state index contributed by atoms with van der Waals surface area (Å²) >= 11 is 0. The van der Waals surface area contributed by atoms with E-state index in [9.17, 15) is 4.79 Å². The Kier molecular flexibility index (Phi) is 3.83. The van der Waals surface area contributed by atoms with Gasteiger partial charge >= 0.3 is 0 Å². The van der Waals surface area contributed by atoms with Crippen molar-refractivity contribution < 1.29 is 4.79 Å². The van der Waals surface area contributed by atoms with Gasteiger partial charge in [0.15, 0.2) is 0 Å². The molecule has 2 aromatic rings. The largest absolute Gasteiger partial charge is 0.348 e. The third-order valence-corrected chi connectivity index (χ3v) is 3.66. The van der Waals surface area contributed by atoms with E-state index in [-0.39, 0.29) is 11.9 Å². The van der Waals surface area contributed by atoms with Crippen molar-refractivity contribution in [1.82, 2.24) is 15.2 Å². The number of hydrogen-bond acceptors (Lipinski definition) is 2. The van der Waals surface area contributed by atoms with Gasteiger partial charge in [0.2, 0.25) is 0 Å². The molecule has 1 fully saturated rings. The minimum absolute atomic E-state index is 0.0118. The highest BCUT2D eigenvalue weighted by atomic mass is 16.1. The van der Waals surface area contributed by atoms with Crippen molar-refractivity contribution in [2.45, 2.75) is 18.9 Å². The van der Waals surface area contributed by atoms with Gasteiger partial charge in [-0.05, 0) is 55.8 Å². The molecule has 2 N–H and O–H groups in total. The highest BCUT2D eigenvalue weighted by Gasteiger charge is 2.16. The molecule has 3 rings (SSSR count). The van der Waals surface area contributed by atoms with E-state index in [4.69, 9.17) is 0 Å². The van der Waals surface area contributed by atoms with Crippen LogP contribution in [0.4, 0.5) is 0 Å². The molecule has 0 aliphatic carbocycles. The van der Waals surface area contributed by atoms with E-state index in [0.29, 0.717) is 5.56 Å². The second kappa shape index (κ2) is 5.92. The van der Waals surface area contributed by atoms with E-state index in [1.807, 2.05) is 53.4 Å². The Morgan fingerprint density at radius 1 is 1.20 bits per heavy atom. The molecule has 0 radical (unpaired) electrons. The number of carbonyl (C=O) groups is 1. The van der Waals surface area contributed by atoms with Gasteiger partial charge in [0.25, 0.3) is 5.91 Å². The quantitative estimate of drug-likeness (QED) is 0.894. The third-order valence-electron chi connectivity index (χ3n) is 3.66. The molecular weight excluding hydrogens is 250 g/mol. The normalized spacial score (nSPS) is 18.7. The first-order valence-electron chi connectivity index (χ1n) is 7.08. The van der Waals surface area contributed by atoms with E-state index in [2.05, 4.69) is 10.6 Å². The number of benzene rings is 1. The Morgan fingerprint density at radius 3 is 2.60 bits per heavy atom. The van der Waals surface area contributed by atoms with Crippen molar-refractivity contribution in [2.75, 3.05) is 13.1 Å². The zero-order valence-corrected chi connectivity index (χ0v) is 11.4. The highest BCUT2D eigenvalue weighted by Crippen LogP contribution is 2.11. The summed E-state index contributed by atoms with van der Waals surface area (Å²) in [5, 5.41) is 6.38. The average Bonchev–Trinajstić information content (AvgIpc) is 3.03. The first kappa shape index (κ1) is 12.9. The zero-order valence-electron chi connectivity index (χ0n) is 11.4. The van der Waals surface area contributed by atoms with Crippen molar-refractivity contribution in [3.05, 3.63) is 54.4 Å². The molecule has 1 atom stereocenters. The van der Waals surface area contributed by atoms with Crippen LogP contribution in [0.15, 0.2) is 48.8 Å². The topological polar surface area (TPSA) is 46.1 Å². The lowest BCUT2D eigenvalue weighted by Crippen LogP contribution is -2.45. The number of hydrogen-bond donors (Lipinski definition) is 2. The monoisotopic (exact) mass is 269 g/mol. The van der Waals surface area contributed by atoms with Crippen LogP contribution in [0.3, 0.4) is 0 Å². The summed E-state index contributed by atoms with van der Waals surface area (Å²) in [7, 11) is 0. The minimum Gasteiger partial charge on any atom is -0.348 e. The minimum atomic E-state index is 0.0118. The molecule has 4 nitrogen and oxygen atoms in total. The Bertz CT molecular complexity index is 554. The lowest BCUT2D eigenvalue weighted by molar-refractivity contribution is 0.0930. The molecule has 2 heterocycles. The molecule has 4 heteroatoms. The molecule has 1 unspecified atom stereocenters. The number of piperidine rings is 1. The van der Waals surface area contributed by atoms with Gasteiger partial charge in [0.05, 0.1) is 0 Å². The summed E-state index contributed by atoms with van der Waals surface area (Å²) in [4.78, 5) is 12.2. The van der Waals surface area contributed by atoms with Crippen molar-refractivity contribution in [3.8, 4) is 5.69 Å². The standard InChI is InChI=1S/C16H19N3O/c20-16(18-14-4-3-9-17-12-14)13-5-7-15(8-6-13)19-10-1-2-11-19/h1-2,5-8,10-11,14,17H,3-4,9,12H2,(H,18,20). The van der Waals surface area contributed by atoms with Crippen LogP contribution in [0.25, 0.3) is 5.69 Å². The Hall–Kier alpha value is -2.07. The fourth-order valence-corrected chi connectivity index (χ4v) is 2.54. The van der Waals surface area contributed by atoms with Gasteiger partial charge in [0.1, 0.15) is 0 Å². The zero-order chi connectivity index (χ0) is 13.8. The summed E-state index contributed by atoms with van der Waals surface area (Å²) in [6, 6.07) is 11.9. The van der Waals surface area contributed by atoms with E-state index >= 15 is 0 Å². The average molecular weight is 269 g/mol. The first-order chi connectivity index (χ1) is 9.83. The summed E-state index contributed by atoms with van der Waals surface area (Å²) in [5.74, 6) is 0.0118. The van der Waals surface area contributed by atoms with Gasteiger partial charge in [-0.25, -0.2) is 0 Å². The summed E-state index contributed by atoms with van der Waals surface area (Å²) < 4.78 is 2.02. The van der Waals surface area contributed by atoms with Gasteiger partial charge in [-0.2, -0.15) is 0 Å². The maximum Gasteiger partial charge on any atom is 0.251 e. The molecule has 1 aromatic carbocycles. The Labute approximate surface area is 118 Å². The highest BCUT2D eigenvalue weighted by molar-refractivity contribution is 5.94. The fraction of sp³-hybridized carbons (Fsp3) is 0.312. The number of carbonyl (C=O) groups excluding carboxylic acids is 1. The molecule has 1 amide bonds. The molecule has 20 heavy (non-hydrogen) atoms. The number of rotatable bonds is 3. The molecule has 0 saturated carbocycles. The Morgan fingerprint density at radius 2 is 1.95 bits per heavy atom. The van der Waals surface area contributed by atoms with E-state index in [0.717, 1.165) is 31.6 Å². The van der Waals surface area contributed by atoms with Crippen LogP contribution in [0.1, 0.15) is 23.2 Å². The lowest BCUT2D eigenvalue weighted by Gasteiger charge is -2.23. The predicted octanol–water partition coefficient (Wildman–Crippen LogP) is 1.96. The molecule has 1 aliphatic rings. The molecule has 104 valence electrons. The van der Waals surface area contributed by atoms with Crippen LogP contribution in [0, 0.1) is 0 Å². The SMILES string of the molecule is O=C(NC1CCCNC1)c1ccc(-n2cccc2)cc1. The summed E-state index contributed by atoms with van der Waals surface area (Å²) in [6.45, 7) is 1.92. The summed E-state index contributed by atoms with van der Waals surface area (Å²) in [5.41, 5.74) is 1.78. The van der Waals surface area contributed by atoms with Crippen LogP contribution in [-0.4, -0.2) is 29.6 Å².